The van der Waals surface area contributed by atoms with E-state index in [-0.39, 0.29) is 6.03 Å². The molecular formula is C19H23ClN2O2. The van der Waals surface area contributed by atoms with E-state index < -0.39 is 0 Å². The summed E-state index contributed by atoms with van der Waals surface area (Å²) in [6.07, 6.45) is 1.87. The third-order valence-corrected chi connectivity index (χ3v) is 3.79. The first-order valence-corrected chi connectivity index (χ1v) is 8.47. The second-order valence-corrected chi connectivity index (χ2v) is 5.97. The Bertz CT molecular complexity index is 647. The van der Waals surface area contributed by atoms with Crippen molar-refractivity contribution in [1.29, 1.82) is 0 Å². The largest absolute Gasteiger partial charge is 0.491 e. The predicted molar refractivity (Wildman–Crippen MR) is 97.8 cm³/mol. The molecule has 2 N–H and O–H groups in total. The van der Waals surface area contributed by atoms with Gasteiger partial charge in [0.1, 0.15) is 12.4 Å². The van der Waals surface area contributed by atoms with Crippen LogP contribution in [0.2, 0.25) is 5.02 Å². The average Bonchev–Trinajstić information content (AvgIpc) is 2.58. The van der Waals surface area contributed by atoms with Crippen LogP contribution in [0, 0.1) is 6.92 Å². The van der Waals surface area contributed by atoms with Crippen LogP contribution in [0.5, 0.6) is 5.75 Å². The van der Waals surface area contributed by atoms with Gasteiger partial charge in [-0.2, -0.15) is 0 Å². The zero-order chi connectivity index (χ0) is 17.2. The van der Waals surface area contributed by atoms with Crippen molar-refractivity contribution in [3.05, 3.63) is 64.7 Å². The summed E-state index contributed by atoms with van der Waals surface area (Å²) in [5, 5.41) is 6.32. The van der Waals surface area contributed by atoms with Crippen molar-refractivity contribution in [1.82, 2.24) is 10.6 Å². The van der Waals surface area contributed by atoms with Gasteiger partial charge in [-0.1, -0.05) is 41.9 Å². The summed E-state index contributed by atoms with van der Waals surface area (Å²) in [4.78, 5) is 11.7. The molecule has 0 bridgehead atoms. The molecule has 0 heterocycles. The Labute approximate surface area is 148 Å². The molecule has 24 heavy (non-hydrogen) atoms. The number of ether oxygens (including phenoxy) is 1. The normalized spacial score (nSPS) is 10.2. The molecule has 2 rings (SSSR count). The molecule has 4 nitrogen and oxygen atoms in total. The van der Waals surface area contributed by atoms with Crippen molar-refractivity contribution in [2.24, 2.45) is 0 Å². The maximum atomic E-state index is 11.7. The van der Waals surface area contributed by atoms with E-state index in [4.69, 9.17) is 16.3 Å². The Morgan fingerprint density at radius 3 is 2.58 bits per heavy atom. The zero-order valence-electron chi connectivity index (χ0n) is 13.8. The molecule has 0 saturated carbocycles. The van der Waals surface area contributed by atoms with Gasteiger partial charge in [-0.15, -0.1) is 0 Å². The first kappa shape index (κ1) is 18.1. The van der Waals surface area contributed by atoms with Crippen LogP contribution in [-0.2, 0) is 6.42 Å². The van der Waals surface area contributed by atoms with Gasteiger partial charge in [0.15, 0.2) is 0 Å². The lowest BCUT2D eigenvalue weighted by Crippen LogP contribution is -2.38. The Morgan fingerprint density at radius 2 is 1.83 bits per heavy atom. The van der Waals surface area contributed by atoms with Crippen LogP contribution < -0.4 is 15.4 Å². The van der Waals surface area contributed by atoms with Crippen molar-refractivity contribution >= 4 is 17.6 Å². The van der Waals surface area contributed by atoms with Gasteiger partial charge in [-0.3, -0.25) is 0 Å². The molecule has 0 aliphatic heterocycles. The Kier molecular flexibility index (Phi) is 7.43. The second-order valence-electron chi connectivity index (χ2n) is 5.53. The minimum Gasteiger partial charge on any atom is -0.491 e. The highest BCUT2D eigenvalue weighted by Crippen LogP contribution is 2.21. The first-order chi connectivity index (χ1) is 11.6. The van der Waals surface area contributed by atoms with Crippen LogP contribution in [0.25, 0.3) is 0 Å². The van der Waals surface area contributed by atoms with Crippen LogP contribution in [0.3, 0.4) is 0 Å². The lowest BCUT2D eigenvalue weighted by atomic mass is 10.1. The van der Waals surface area contributed by atoms with Crippen LogP contribution in [-0.4, -0.2) is 25.7 Å². The lowest BCUT2D eigenvalue weighted by Gasteiger charge is -2.11. The zero-order valence-corrected chi connectivity index (χ0v) is 14.6. The Morgan fingerprint density at radius 1 is 1.08 bits per heavy atom. The fourth-order valence-corrected chi connectivity index (χ4v) is 2.53. The SMILES string of the molecule is Cc1cc(Cl)ccc1OCCNC(=O)NCCCc1ccccc1. The van der Waals surface area contributed by atoms with E-state index in [1.807, 2.05) is 37.3 Å². The minimum absolute atomic E-state index is 0.167. The molecule has 0 aliphatic carbocycles. The predicted octanol–water partition coefficient (Wildman–Crippen LogP) is 3.96. The Balaban J connectivity index is 1.55. The first-order valence-electron chi connectivity index (χ1n) is 8.10. The Hall–Kier alpha value is -2.20. The third-order valence-electron chi connectivity index (χ3n) is 3.55. The number of benzene rings is 2. The van der Waals surface area contributed by atoms with Crippen molar-refractivity contribution in [2.45, 2.75) is 19.8 Å². The molecule has 0 fully saturated rings. The fourth-order valence-electron chi connectivity index (χ4n) is 2.30. The number of rotatable bonds is 8. The summed E-state index contributed by atoms with van der Waals surface area (Å²) < 4.78 is 5.62. The number of carbonyl (C=O) groups is 1. The van der Waals surface area contributed by atoms with Crippen LogP contribution in [0.15, 0.2) is 48.5 Å². The number of hydrogen-bond acceptors (Lipinski definition) is 2. The molecule has 5 heteroatoms. The fraction of sp³-hybridized carbons (Fsp3) is 0.316. The maximum Gasteiger partial charge on any atom is 0.314 e. The minimum atomic E-state index is -0.167. The van der Waals surface area contributed by atoms with Gasteiger partial charge >= 0.3 is 6.03 Å². The van der Waals surface area contributed by atoms with Crippen molar-refractivity contribution in [3.8, 4) is 5.75 Å². The molecule has 2 aromatic rings. The number of urea groups is 1. The van der Waals surface area contributed by atoms with E-state index in [1.54, 1.807) is 6.07 Å². The van der Waals surface area contributed by atoms with Crippen molar-refractivity contribution in [2.75, 3.05) is 19.7 Å². The van der Waals surface area contributed by atoms with Gasteiger partial charge in [-0.05, 0) is 49.1 Å². The van der Waals surface area contributed by atoms with Gasteiger partial charge in [-0.25, -0.2) is 4.79 Å². The van der Waals surface area contributed by atoms with Crippen LogP contribution in [0.4, 0.5) is 4.79 Å². The van der Waals surface area contributed by atoms with E-state index in [0.717, 1.165) is 24.2 Å². The van der Waals surface area contributed by atoms with Gasteiger partial charge in [0.25, 0.3) is 0 Å². The highest BCUT2D eigenvalue weighted by atomic mass is 35.5. The number of aryl methyl sites for hydroxylation is 2. The standard InChI is InChI=1S/C19H23ClN2O2/c1-15-14-17(20)9-10-18(15)24-13-12-22-19(23)21-11-5-8-16-6-3-2-4-7-16/h2-4,6-7,9-10,14H,5,8,11-13H2,1H3,(H2,21,22,23). The maximum absolute atomic E-state index is 11.7. The van der Waals surface area contributed by atoms with Crippen LogP contribution >= 0.6 is 11.6 Å². The molecular weight excluding hydrogens is 324 g/mol. The molecule has 2 amide bonds. The molecule has 0 saturated heterocycles. The van der Waals surface area contributed by atoms with E-state index >= 15 is 0 Å². The summed E-state index contributed by atoms with van der Waals surface area (Å²) in [6, 6.07) is 15.5. The van der Waals surface area contributed by atoms with Crippen LogP contribution in [0.1, 0.15) is 17.5 Å². The summed E-state index contributed by atoms with van der Waals surface area (Å²) in [7, 11) is 0. The summed E-state index contributed by atoms with van der Waals surface area (Å²) in [5.74, 6) is 0.782. The van der Waals surface area contributed by atoms with E-state index in [0.29, 0.717) is 24.7 Å². The number of hydrogen-bond donors (Lipinski definition) is 2. The molecule has 2 aromatic carbocycles. The van der Waals surface area contributed by atoms with E-state index in [2.05, 4.69) is 22.8 Å². The average molecular weight is 347 g/mol. The summed E-state index contributed by atoms with van der Waals surface area (Å²) in [6.45, 7) is 3.46. The second kappa shape index (κ2) is 9.83. The molecule has 0 unspecified atom stereocenters. The highest BCUT2D eigenvalue weighted by molar-refractivity contribution is 6.30. The third kappa shape index (κ3) is 6.50. The molecule has 0 atom stereocenters. The van der Waals surface area contributed by atoms with Crippen molar-refractivity contribution < 1.29 is 9.53 Å². The molecule has 0 aliphatic rings. The lowest BCUT2D eigenvalue weighted by molar-refractivity contribution is 0.236. The highest BCUT2D eigenvalue weighted by Gasteiger charge is 2.02. The van der Waals surface area contributed by atoms with Gasteiger partial charge in [0.2, 0.25) is 0 Å². The smallest absolute Gasteiger partial charge is 0.314 e. The molecule has 0 aromatic heterocycles. The number of nitrogens with one attached hydrogen (secondary N) is 2. The van der Waals surface area contributed by atoms with E-state index in [9.17, 15) is 4.79 Å². The van der Waals surface area contributed by atoms with Crippen molar-refractivity contribution in [3.63, 3.8) is 0 Å². The summed E-state index contributed by atoms with van der Waals surface area (Å²) >= 11 is 5.90. The van der Waals surface area contributed by atoms with Gasteiger partial charge in [0.05, 0.1) is 6.54 Å². The van der Waals surface area contributed by atoms with Gasteiger partial charge < -0.3 is 15.4 Å². The topological polar surface area (TPSA) is 50.4 Å². The molecule has 0 spiro atoms. The number of carbonyl (C=O) groups excluding carboxylic acids is 1. The number of halogens is 1. The monoisotopic (exact) mass is 346 g/mol. The van der Waals surface area contributed by atoms with Gasteiger partial charge in [0, 0.05) is 11.6 Å². The number of amides is 2. The molecule has 128 valence electrons. The summed E-state index contributed by atoms with van der Waals surface area (Å²) in [5.41, 5.74) is 2.26. The quantitative estimate of drug-likeness (QED) is 0.711. The molecule has 0 radical (unpaired) electrons. The van der Waals surface area contributed by atoms with E-state index in [1.165, 1.54) is 5.56 Å².